The Morgan fingerprint density at radius 2 is 1.70 bits per heavy atom. The van der Waals surface area contributed by atoms with E-state index in [0.29, 0.717) is 18.7 Å². The highest BCUT2D eigenvalue weighted by Crippen LogP contribution is 2.22. The highest BCUT2D eigenvalue weighted by atomic mass is 16.5. The third-order valence-electron chi connectivity index (χ3n) is 4.86. The highest BCUT2D eigenvalue weighted by Gasteiger charge is 2.29. The van der Waals surface area contributed by atoms with Crippen molar-refractivity contribution in [2.45, 2.75) is 32.2 Å². The molecular weight excluding hydrogens is 342 g/mol. The monoisotopic (exact) mass is 367 g/mol. The Morgan fingerprint density at radius 1 is 1.07 bits per heavy atom. The summed E-state index contributed by atoms with van der Waals surface area (Å²) < 4.78 is 5.35. The van der Waals surface area contributed by atoms with Crippen LogP contribution in [0.3, 0.4) is 0 Å². The van der Waals surface area contributed by atoms with Gasteiger partial charge >= 0.3 is 5.97 Å². The molecule has 0 radical (unpaired) electrons. The van der Waals surface area contributed by atoms with Gasteiger partial charge in [0.15, 0.2) is 0 Å². The molecule has 1 N–H and O–H groups in total. The smallest absolute Gasteiger partial charge is 0.305 e. The van der Waals surface area contributed by atoms with Crippen LogP contribution in [0.2, 0.25) is 0 Å². The number of ether oxygens (including phenoxy) is 1. The van der Waals surface area contributed by atoms with Gasteiger partial charge in [0.1, 0.15) is 0 Å². The van der Waals surface area contributed by atoms with Crippen LogP contribution in [0.25, 0.3) is 11.1 Å². The van der Waals surface area contributed by atoms with E-state index in [1.54, 1.807) is 4.90 Å². The van der Waals surface area contributed by atoms with E-state index < -0.39 is 12.0 Å². The zero-order valence-corrected chi connectivity index (χ0v) is 15.6. The first kappa shape index (κ1) is 19.1. The number of carbonyl (C=O) groups is 2. The first-order valence-electron chi connectivity index (χ1n) is 9.38. The summed E-state index contributed by atoms with van der Waals surface area (Å²) in [5.41, 5.74) is 4.06. The summed E-state index contributed by atoms with van der Waals surface area (Å²) in [7, 11) is 0. The maximum Gasteiger partial charge on any atom is 0.305 e. The number of carboxylic acid groups (broad SMARTS) is 1. The fraction of sp³-hybridized carbons (Fsp3) is 0.364. The molecule has 0 spiro atoms. The molecule has 2 aromatic carbocycles. The predicted octanol–water partition coefficient (Wildman–Crippen LogP) is 3.62. The number of rotatable bonds is 6. The minimum atomic E-state index is -0.926. The van der Waals surface area contributed by atoms with E-state index in [2.05, 4.69) is 31.2 Å². The molecule has 0 bridgehead atoms. The molecule has 5 heteroatoms. The van der Waals surface area contributed by atoms with Gasteiger partial charge in [-0.25, -0.2) is 0 Å². The van der Waals surface area contributed by atoms with Gasteiger partial charge in [-0.2, -0.15) is 0 Å². The lowest BCUT2D eigenvalue weighted by molar-refractivity contribution is -0.139. The average Bonchev–Trinajstić information content (AvgIpc) is 2.68. The van der Waals surface area contributed by atoms with Crippen molar-refractivity contribution in [3.8, 4) is 11.1 Å². The second-order valence-electron chi connectivity index (χ2n) is 6.85. The van der Waals surface area contributed by atoms with E-state index in [9.17, 15) is 9.59 Å². The first-order chi connectivity index (χ1) is 13.1. The third kappa shape index (κ3) is 4.74. The molecule has 27 heavy (non-hydrogen) atoms. The van der Waals surface area contributed by atoms with Gasteiger partial charge in [0, 0.05) is 12.1 Å². The summed E-state index contributed by atoms with van der Waals surface area (Å²) in [4.78, 5) is 25.5. The lowest BCUT2D eigenvalue weighted by atomic mass is 10.0. The Kier molecular flexibility index (Phi) is 6.24. The van der Waals surface area contributed by atoms with E-state index in [-0.39, 0.29) is 18.9 Å². The van der Waals surface area contributed by atoms with Crippen molar-refractivity contribution in [3.63, 3.8) is 0 Å². The van der Waals surface area contributed by atoms with Crippen molar-refractivity contribution in [2.24, 2.45) is 0 Å². The van der Waals surface area contributed by atoms with Gasteiger partial charge in [0.2, 0.25) is 0 Å². The Labute approximate surface area is 159 Å². The van der Waals surface area contributed by atoms with Crippen molar-refractivity contribution in [1.82, 2.24) is 4.90 Å². The third-order valence-corrected chi connectivity index (χ3v) is 4.86. The standard InChI is InChI=1S/C22H25NO4/c1-2-3-16-4-6-17(7-5-16)18-8-10-19(11-9-18)22(26)23-12-13-27-15-20(23)14-21(24)25/h4-11,20H,2-3,12-15H2,1H3,(H,24,25)/t20-/m0/s1. The molecule has 1 atom stereocenters. The van der Waals surface area contributed by atoms with Crippen LogP contribution in [0, 0.1) is 0 Å². The van der Waals surface area contributed by atoms with Crippen LogP contribution in [0.1, 0.15) is 35.7 Å². The van der Waals surface area contributed by atoms with Gasteiger partial charge in [0.05, 0.1) is 25.7 Å². The van der Waals surface area contributed by atoms with Gasteiger partial charge in [-0.1, -0.05) is 49.7 Å². The summed E-state index contributed by atoms with van der Waals surface area (Å²) in [5.74, 6) is -1.07. The van der Waals surface area contributed by atoms with Crippen LogP contribution in [0.15, 0.2) is 48.5 Å². The molecule has 0 aliphatic carbocycles. The topological polar surface area (TPSA) is 66.8 Å². The van der Waals surface area contributed by atoms with Gasteiger partial charge in [-0.15, -0.1) is 0 Å². The summed E-state index contributed by atoms with van der Waals surface area (Å²) in [6, 6.07) is 15.6. The molecule has 1 saturated heterocycles. The molecule has 142 valence electrons. The Hall–Kier alpha value is -2.66. The number of amides is 1. The largest absolute Gasteiger partial charge is 0.481 e. The number of carbonyl (C=O) groups excluding carboxylic acids is 1. The molecule has 5 nitrogen and oxygen atoms in total. The molecular formula is C22H25NO4. The number of nitrogens with zero attached hydrogens (tertiary/aromatic N) is 1. The van der Waals surface area contributed by atoms with Crippen LogP contribution in [0.5, 0.6) is 0 Å². The fourth-order valence-corrected chi connectivity index (χ4v) is 3.42. The van der Waals surface area contributed by atoms with E-state index in [1.807, 2.05) is 24.3 Å². The van der Waals surface area contributed by atoms with Crippen molar-refractivity contribution in [2.75, 3.05) is 19.8 Å². The molecule has 3 rings (SSSR count). The number of hydrogen-bond donors (Lipinski definition) is 1. The number of hydrogen-bond acceptors (Lipinski definition) is 3. The summed E-state index contributed by atoms with van der Waals surface area (Å²) >= 11 is 0. The predicted molar refractivity (Wildman–Crippen MR) is 104 cm³/mol. The molecule has 1 fully saturated rings. The molecule has 0 aromatic heterocycles. The van der Waals surface area contributed by atoms with Crippen LogP contribution in [-0.2, 0) is 16.0 Å². The lowest BCUT2D eigenvalue weighted by Crippen LogP contribution is -2.49. The molecule has 0 saturated carbocycles. The first-order valence-corrected chi connectivity index (χ1v) is 9.38. The van der Waals surface area contributed by atoms with Crippen LogP contribution >= 0.6 is 0 Å². The Bertz CT molecular complexity index is 783. The summed E-state index contributed by atoms with van der Waals surface area (Å²) in [6.45, 7) is 3.28. The lowest BCUT2D eigenvalue weighted by Gasteiger charge is -2.34. The van der Waals surface area contributed by atoms with E-state index >= 15 is 0 Å². The molecule has 1 amide bonds. The highest BCUT2D eigenvalue weighted by molar-refractivity contribution is 5.95. The van der Waals surface area contributed by atoms with Gasteiger partial charge in [-0.3, -0.25) is 9.59 Å². The number of morpholine rings is 1. The van der Waals surface area contributed by atoms with Crippen LogP contribution in [0.4, 0.5) is 0 Å². The SMILES string of the molecule is CCCc1ccc(-c2ccc(C(=O)N3CCOC[C@@H]3CC(=O)O)cc2)cc1. The van der Waals surface area contributed by atoms with Gasteiger partial charge in [0.25, 0.3) is 5.91 Å². The van der Waals surface area contributed by atoms with Crippen LogP contribution in [-0.4, -0.2) is 47.7 Å². The molecule has 0 unspecified atom stereocenters. The maximum atomic E-state index is 12.8. The van der Waals surface area contributed by atoms with Crippen LogP contribution < -0.4 is 0 Å². The van der Waals surface area contributed by atoms with E-state index in [0.717, 1.165) is 24.0 Å². The zero-order valence-electron chi connectivity index (χ0n) is 15.6. The summed E-state index contributed by atoms with van der Waals surface area (Å²) in [5, 5.41) is 9.06. The van der Waals surface area contributed by atoms with E-state index in [4.69, 9.17) is 9.84 Å². The number of carboxylic acids is 1. The second kappa shape index (κ2) is 8.82. The minimum Gasteiger partial charge on any atom is -0.481 e. The van der Waals surface area contributed by atoms with Crippen molar-refractivity contribution >= 4 is 11.9 Å². The minimum absolute atomic E-state index is 0.103. The molecule has 2 aromatic rings. The average molecular weight is 367 g/mol. The fourth-order valence-electron chi connectivity index (χ4n) is 3.42. The van der Waals surface area contributed by atoms with Crippen molar-refractivity contribution in [1.29, 1.82) is 0 Å². The number of benzene rings is 2. The maximum absolute atomic E-state index is 12.8. The Balaban J connectivity index is 1.73. The second-order valence-corrected chi connectivity index (χ2v) is 6.85. The van der Waals surface area contributed by atoms with Gasteiger partial charge < -0.3 is 14.7 Å². The Morgan fingerprint density at radius 3 is 2.30 bits per heavy atom. The van der Waals surface area contributed by atoms with Crippen molar-refractivity contribution in [3.05, 3.63) is 59.7 Å². The quantitative estimate of drug-likeness (QED) is 0.847. The number of aliphatic carboxylic acids is 1. The van der Waals surface area contributed by atoms with E-state index in [1.165, 1.54) is 5.56 Å². The molecule has 1 aliphatic rings. The normalized spacial score (nSPS) is 16.9. The van der Waals surface area contributed by atoms with Crippen molar-refractivity contribution < 1.29 is 19.4 Å². The zero-order chi connectivity index (χ0) is 19.2. The molecule has 1 heterocycles. The number of aryl methyl sites for hydroxylation is 1. The summed E-state index contributed by atoms with van der Waals surface area (Å²) in [6.07, 6.45) is 2.10. The van der Waals surface area contributed by atoms with Gasteiger partial charge in [-0.05, 0) is 35.2 Å². The molecule has 1 aliphatic heterocycles.